The first-order valence-electron chi connectivity index (χ1n) is 9.43. The summed E-state index contributed by atoms with van der Waals surface area (Å²) in [6.45, 7) is 3.39. The van der Waals surface area contributed by atoms with Gasteiger partial charge in [0.1, 0.15) is 5.57 Å². The summed E-state index contributed by atoms with van der Waals surface area (Å²) in [5.74, 6) is -2.66. The lowest BCUT2D eigenvalue weighted by Crippen LogP contribution is -2.54. The molecule has 2 aromatic rings. The molecular weight excluding hydrogens is 459 g/mol. The lowest BCUT2D eigenvalue weighted by Gasteiger charge is -2.26. The number of imide groups is 2. The number of benzene rings is 2. The molecular formula is C22H18Cl2N2O6. The van der Waals surface area contributed by atoms with Crippen molar-refractivity contribution < 1.29 is 29.0 Å². The number of carbonyl (C=O) groups is 4. The van der Waals surface area contributed by atoms with Crippen molar-refractivity contribution in [3.8, 4) is 5.75 Å². The van der Waals surface area contributed by atoms with Crippen molar-refractivity contribution in [1.82, 2.24) is 5.32 Å². The van der Waals surface area contributed by atoms with E-state index < -0.39 is 30.4 Å². The molecule has 0 saturated carbocycles. The number of nitrogens with zero attached hydrogens (tertiary/aromatic N) is 1. The molecule has 166 valence electrons. The second-order valence-electron chi connectivity index (χ2n) is 7.20. The van der Waals surface area contributed by atoms with Crippen molar-refractivity contribution in [2.75, 3.05) is 11.5 Å². The number of ether oxygens (including phenoxy) is 1. The highest BCUT2D eigenvalue weighted by Crippen LogP contribution is 2.35. The summed E-state index contributed by atoms with van der Waals surface area (Å²) >= 11 is 12.2. The predicted molar refractivity (Wildman–Crippen MR) is 119 cm³/mol. The van der Waals surface area contributed by atoms with Gasteiger partial charge in [0.2, 0.25) is 0 Å². The molecule has 0 unspecified atom stereocenters. The molecule has 4 amide bonds. The fraction of sp³-hybridized carbons (Fsp3) is 0.182. The number of amides is 4. The standard InChI is InChI=1S/C22H18Cl2N2O6/c1-11(2)13-3-5-14(6-4-13)26-21(30)15(20(29)25-22(26)31)7-12-8-16(23)19(17(24)9-12)32-10-18(27)28/h3-9,11H,10H2,1-2H3,(H,27,28)(H,25,29,31)/b15-7+. The lowest BCUT2D eigenvalue weighted by atomic mass is 10.0. The second-order valence-corrected chi connectivity index (χ2v) is 8.01. The van der Waals surface area contributed by atoms with Crippen LogP contribution in [0.5, 0.6) is 5.75 Å². The molecule has 0 radical (unpaired) electrons. The number of hydrogen-bond donors (Lipinski definition) is 2. The van der Waals surface area contributed by atoms with E-state index in [1.54, 1.807) is 24.3 Å². The Morgan fingerprint density at radius 2 is 1.72 bits per heavy atom. The highest BCUT2D eigenvalue weighted by atomic mass is 35.5. The highest BCUT2D eigenvalue weighted by molar-refractivity contribution is 6.40. The Hall–Kier alpha value is -3.36. The first-order valence-corrected chi connectivity index (χ1v) is 10.2. The molecule has 1 fully saturated rings. The Morgan fingerprint density at radius 3 is 2.25 bits per heavy atom. The minimum atomic E-state index is -1.21. The van der Waals surface area contributed by atoms with Gasteiger partial charge in [0.15, 0.2) is 12.4 Å². The Morgan fingerprint density at radius 1 is 1.12 bits per heavy atom. The van der Waals surface area contributed by atoms with E-state index in [-0.39, 0.29) is 32.8 Å². The molecule has 1 aliphatic heterocycles. The molecule has 1 aliphatic rings. The van der Waals surface area contributed by atoms with E-state index in [1.165, 1.54) is 18.2 Å². The smallest absolute Gasteiger partial charge is 0.341 e. The van der Waals surface area contributed by atoms with Gasteiger partial charge >= 0.3 is 12.0 Å². The number of nitrogens with one attached hydrogen (secondary N) is 1. The number of halogens is 2. The van der Waals surface area contributed by atoms with Gasteiger partial charge in [0.05, 0.1) is 15.7 Å². The van der Waals surface area contributed by atoms with Gasteiger partial charge in [0.25, 0.3) is 11.8 Å². The molecule has 2 aromatic carbocycles. The van der Waals surface area contributed by atoms with Crippen LogP contribution in [0.25, 0.3) is 6.08 Å². The molecule has 32 heavy (non-hydrogen) atoms. The molecule has 2 N–H and O–H groups in total. The largest absolute Gasteiger partial charge is 0.479 e. The number of urea groups is 1. The molecule has 0 aromatic heterocycles. The summed E-state index contributed by atoms with van der Waals surface area (Å²) in [6, 6.07) is 8.71. The molecule has 0 aliphatic carbocycles. The predicted octanol–water partition coefficient (Wildman–Crippen LogP) is 4.25. The van der Waals surface area contributed by atoms with E-state index in [9.17, 15) is 19.2 Å². The maximum Gasteiger partial charge on any atom is 0.341 e. The molecule has 3 rings (SSSR count). The van der Waals surface area contributed by atoms with Crippen LogP contribution in [0.1, 0.15) is 30.9 Å². The van der Waals surface area contributed by atoms with E-state index in [0.717, 1.165) is 10.5 Å². The average Bonchev–Trinajstić information content (AvgIpc) is 2.70. The SMILES string of the molecule is CC(C)c1ccc(N2C(=O)NC(=O)/C(=C\c3cc(Cl)c(OCC(=O)O)c(Cl)c3)C2=O)cc1. The van der Waals surface area contributed by atoms with Gasteiger partial charge in [-0.05, 0) is 47.4 Å². The van der Waals surface area contributed by atoms with Crippen molar-refractivity contribution in [3.63, 3.8) is 0 Å². The number of rotatable bonds is 6. The number of anilines is 1. The van der Waals surface area contributed by atoms with E-state index in [4.69, 9.17) is 33.0 Å². The molecule has 0 bridgehead atoms. The minimum absolute atomic E-state index is 0.00790. The number of hydrogen-bond acceptors (Lipinski definition) is 5. The van der Waals surface area contributed by atoms with Gasteiger partial charge in [-0.3, -0.25) is 14.9 Å². The molecule has 8 nitrogen and oxygen atoms in total. The normalized spacial score (nSPS) is 15.3. The minimum Gasteiger partial charge on any atom is -0.479 e. The van der Waals surface area contributed by atoms with Crippen molar-refractivity contribution >= 4 is 58.8 Å². The monoisotopic (exact) mass is 476 g/mol. The van der Waals surface area contributed by atoms with Crippen LogP contribution in [-0.2, 0) is 14.4 Å². The summed E-state index contributed by atoms with van der Waals surface area (Å²) in [4.78, 5) is 49.3. The fourth-order valence-electron chi connectivity index (χ4n) is 3.00. The van der Waals surface area contributed by atoms with E-state index in [0.29, 0.717) is 5.69 Å². The number of barbiturate groups is 1. The average molecular weight is 477 g/mol. The number of aliphatic carboxylic acids is 1. The van der Waals surface area contributed by atoms with Crippen LogP contribution in [0.3, 0.4) is 0 Å². The molecule has 10 heteroatoms. The third-order valence-electron chi connectivity index (χ3n) is 4.59. The third kappa shape index (κ3) is 4.92. The summed E-state index contributed by atoms with van der Waals surface area (Å²) < 4.78 is 5.05. The van der Waals surface area contributed by atoms with Crippen LogP contribution in [0.4, 0.5) is 10.5 Å². The first kappa shape index (κ1) is 23.3. The van der Waals surface area contributed by atoms with E-state index in [1.807, 2.05) is 13.8 Å². The van der Waals surface area contributed by atoms with Crippen LogP contribution in [0.15, 0.2) is 42.0 Å². The molecule has 0 spiro atoms. The summed E-state index contributed by atoms with van der Waals surface area (Å²) in [6.07, 6.45) is 1.23. The second kappa shape index (κ2) is 9.42. The van der Waals surface area contributed by atoms with Gasteiger partial charge in [-0.2, -0.15) is 0 Å². The summed E-state index contributed by atoms with van der Waals surface area (Å²) in [5.41, 5.74) is 1.32. The van der Waals surface area contributed by atoms with Gasteiger partial charge < -0.3 is 9.84 Å². The maximum atomic E-state index is 13.0. The molecule has 0 atom stereocenters. The first-order chi connectivity index (χ1) is 15.1. The Bertz CT molecular complexity index is 1120. The lowest BCUT2D eigenvalue weighted by molar-refractivity contribution is -0.139. The topological polar surface area (TPSA) is 113 Å². The Balaban J connectivity index is 1.94. The Kier molecular flexibility index (Phi) is 6.86. The van der Waals surface area contributed by atoms with Crippen LogP contribution in [0, 0.1) is 0 Å². The highest BCUT2D eigenvalue weighted by Gasteiger charge is 2.36. The van der Waals surface area contributed by atoms with Gasteiger partial charge in [0, 0.05) is 0 Å². The zero-order chi connectivity index (χ0) is 23.6. The van der Waals surface area contributed by atoms with Gasteiger partial charge in [-0.15, -0.1) is 0 Å². The number of carbonyl (C=O) groups excluding carboxylic acids is 3. The van der Waals surface area contributed by atoms with Crippen molar-refractivity contribution in [1.29, 1.82) is 0 Å². The van der Waals surface area contributed by atoms with Gasteiger partial charge in [-0.25, -0.2) is 14.5 Å². The van der Waals surface area contributed by atoms with Crippen molar-refractivity contribution in [3.05, 3.63) is 63.1 Å². The fourth-order valence-corrected chi connectivity index (χ4v) is 3.61. The Labute approximate surface area is 193 Å². The molecule has 1 heterocycles. The van der Waals surface area contributed by atoms with Crippen LogP contribution in [-0.4, -0.2) is 35.5 Å². The number of carboxylic acids is 1. The van der Waals surface area contributed by atoms with Crippen LogP contribution >= 0.6 is 23.2 Å². The van der Waals surface area contributed by atoms with E-state index >= 15 is 0 Å². The molecule has 1 saturated heterocycles. The van der Waals surface area contributed by atoms with Crippen LogP contribution < -0.4 is 15.0 Å². The zero-order valence-corrected chi connectivity index (χ0v) is 18.5. The van der Waals surface area contributed by atoms with Gasteiger partial charge in [-0.1, -0.05) is 49.2 Å². The number of carboxylic acid groups (broad SMARTS) is 1. The summed E-state index contributed by atoms with van der Waals surface area (Å²) in [5, 5.41) is 10.9. The van der Waals surface area contributed by atoms with Crippen LogP contribution in [0.2, 0.25) is 10.0 Å². The summed E-state index contributed by atoms with van der Waals surface area (Å²) in [7, 11) is 0. The third-order valence-corrected chi connectivity index (χ3v) is 5.15. The maximum absolute atomic E-state index is 13.0. The zero-order valence-electron chi connectivity index (χ0n) is 17.0. The van der Waals surface area contributed by atoms with Crippen molar-refractivity contribution in [2.45, 2.75) is 19.8 Å². The quantitative estimate of drug-likeness (QED) is 0.475. The van der Waals surface area contributed by atoms with E-state index in [2.05, 4.69) is 5.32 Å². The van der Waals surface area contributed by atoms with Crippen molar-refractivity contribution in [2.24, 2.45) is 0 Å².